The first-order valence-electron chi connectivity index (χ1n) is 13.8. The summed E-state index contributed by atoms with van der Waals surface area (Å²) < 4.78 is 67.5. The summed E-state index contributed by atoms with van der Waals surface area (Å²) in [7, 11) is 0. The van der Waals surface area contributed by atoms with E-state index in [-0.39, 0.29) is 35.9 Å². The number of alkyl halides is 3. The molecule has 2 aliphatic heterocycles. The van der Waals surface area contributed by atoms with Gasteiger partial charge in [0.05, 0.1) is 18.3 Å². The van der Waals surface area contributed by atoms with Crippen molar-refractivity contribution >= 4 is 34.7 Å². The lowest BCUT2D eigenvalue weighted by molar-refractivity contribution is -0.275. The zero-order valence-electron chi connectivity index (χ0n) is 23.1. The van der Waals surface area contributed by atoms with Crippen LogP contribution in [0.2, 0.25) is 0 Å². The molecule has 2 amide bonds. The summed E-state index contributed by atoms with van der Waals surface area (Å²) in [6.07, 6.45) is -2.31. The number of hydrogen-bond acceptors (Lipinski definition) is 8. The highest BCUT2D eigenvalue weighted by Crippen LogP contribution is 2.48. The molecule has 2 aromatic carbocycles. The van der Waals surface area contributed by atoms with Gasteiger partial charge in [-0.05, 0) is 61.9 Å². The predicted molar refractivity (Wildman–Crippen MR) is 146 cm³/mol. The van der Waals surface area contributed by atoms with Crippen LogP contribution in [0.1, 0.15) is 38.2 Å². The Morgan fingerprint density at radius 2 is 1.93 bits per heavy atom. The zero-order chi connectivity index (χ0) is 30.9. The van der Waals surface area contributed by atoms with Crippen LogP contribution in [0.15, 0.2) is 36.4 Å². The van der Waals surface area contributed by atoms with Crippen molar-refractivity contribution in [2.45, 2.75) is 57.2 Å². The zero-order valence-corrected chi connectivity index (χ0v) is 23.1. The highest BCUT2D eigenvalue weighted by Gasteiger charge is 2.56. The molecular formula is C29H30F4N4O6. The van der Waals surface area contributed by atoms with Gasteiger partial charge in [0.1, 0.15) is 24.1 Å². The molecule has 230 valence electrons. The Labute approximate surface area is 244 Å². The second kappa shape index (κ2) is 12.2. The SMILES string of the molecule is CC(=O)C(=N)c1cc(OCC2CCCO2)ccc1NCC(=O)N1[C@@H]2CC2C[C@H]1C(=O)Nc1cccc(OC(F)(F)F)c1F. The number of rotatable bonds is 11. The van der Waals surface area contributed by atoms with Gasteiger partial charge in [0, 0.05) is 30.8 Å². The largest absolute Gasteiger partial charge is 0.573 e. The number of Topliss-reactive ketones (excluding diaryl/α,β-unsaturated/α-hetero) is 1. The molecule has 2 saturated heterocycles. The number of amides is 2. The molecule has 2 aromatic rings. The average Bonchev–Trinajstić information content (AvgIpc) is 3.33. The highest BCUT2D eigenvalue weighted by atomic mass is 19.4. The van der Waals surface area contributed by atoms with Crippen molar-refractivity contribution in [2.24, 2.45) is 5.92 Å². The number of halogens is 4. The second-order valence-corrected chi connectivity index (χ2v) is 10.7. The van der Waals surface area contributed by atoms with E-state index in [0.717, 1.165) is 31.0 Å². The molecule has 14 heteroatoms. The van der Waals surface area contributed by atoms with Crippen molar-refractivity contribution < 1.29 is 46.2 Å². The summed E-state index contributed by atoms with van der Waals surface area (Å²) in [5.74, 6) is -3.64. The molecule has 0 radical (unpaired) electrons. The molecule has 0 bridgehead atoms. The first kappa shape index (κ1) is 30.3. The van der Waals surface area contributed by atoms with Gasteiger partial charge in [0.2, 0.25) is 11.8 Å². The molecule has 0 spiro atoms. The van der Waals surface area contributed by atoms with Gasteiger partial charge in [-0.25, -0.2) is 4.39 Å². The number of ketones is 1. The van der Waals surface area contributed by atoms with Crippen molar-refractivity contribution in [3.05, 3.63) is 47.8 Å². The van der Waals surface area contributed by atoms with E-state index in [2.05, 4.69) is 15.4 Å². The smallest absolute Gasteiger partial charge is 0.491 e. The standard InChI is InChI=1S/C29H30F4N4O6/c1-15(38)27(34)19-12-17(42-14-18-4-3-9-41-18)7-8-20(19)35-13-25(39)37-22-10-16(22)11-23(37)28(40)36-21-5-2-6-24(26(21)30)43-29(31,32)33/h2,5-8,12,16,18,22-23,34-35H,3-4,9-11,13-14H2,1H3,(H,36,40)/t16?,18?,22-,23+/m1/s1. The molecule has 2 unspecified atom stereocenters. The maximum atomic E-state index is 14.6. The van der Waals surface area contributed by atoms with Crippen LogP contribution in [0.4, 0.5) is 28.9 Å². The summed E-state index contributed by atoms with van der Waals surface area (Å²) in [4.78, 5) is 39.9. The molecular weight excluding hydrogens is 576 g/mol. The Kier molecular flexibility index (Phi) is 8.58. The van der Waals surface area contributed by atoms with Gasteiger partial charge in [-0.3, -0.25) is 19.8 Å². The maximum absolute atomic E-state index is 14.6. The van der Waals surface area contributed by atoms with Gasteiger partial charge in [0.15, 0.2) is 17.3 Å². The lowest BCUT2D eigenvalue weighted by Crippen LogP contribution is -2.47. The Morgan fingerprint density at radius 1 is 1.14 bits per heavy atom. The molecule has 1 saturated carbocycles. The number of fused-ring (bicyclic) bond motifs is 1. The van der Waals surface area contributed by atoms with Crippen LogP contribution in [0.3, 0.4) is 0 Å². The average molecular weight is 607 g/mol. The number of benzene rings is 2. The van der Waals surface area contributed by atoms with E-state index in [0.29, 0.717) is 37.5 Å². The van der Waals surface area contributed by atoms with Crippen LogP contribution in [0, 0.1) is 17.1 Å². The topological polar surface area (TPSA) is 130 Å². The van der Waals surface area contributed by atoms with Gasteiger partial charge in [-0.15, -0.1) is 13.2 Å². The number of nitrogens with one attached hydrogen (secondary N) is 3. The van der Waals surface area contributed by atoms with Crippen LogP contribution >= 0.6 is 0 Å². The van der Waals surface area contributed by atoms with E-state index in [1.165, 1.54) is 11.8 Å². The van der Waals surface area contributed by atoms with Gasteiger partial charge in [-0.2, -0.15) is 0 Å². The summed E-state index contributed by atoms with van der Waals surface area (Å²) in [5, 5.41) is 13.5. The highest BCUT2D eigenvalue weighted by molar-refractivity contribution is 6.45. The molecule has 1 aliphatic carbocycles. The first-order valence-corrected chi connectivity index (χ1v) is 13.8. The van der Waals surface area contributed by atoms with E-state index in [1.807, 2.05) is 0 Å². The fourth-order valence-electron chi connectivity index (χ4n) is 5.47. The van der Waals surface area contributed by atoms with Crippen molar-refractivity contribution in [3.63, 3.8) is 0 Å². The number of carbonyl (C=O) groups excluding carboxylic acids is 3. The van der Waals surface area contributed by atoms with Gasteiger partial charge < -0.3 is 29.7 Å². The Hall–Kier alpha value is -4.20. The summed E-state index contributed by atoms with van der Waals surface area (Å²) in [6.45, 7) is 1.98. The Bertz CT molecular complexity index is 1430. The first-order chi connectivity index (χ1) is 20.4. The normalized spacial score (nSPS) is 22.5. The minimum atomic E-state index is -5.12. The minimum Gasteiger partial charge on any atom is -0.491 e. The molecule has 0 aromatic heterocycles. The molecule has 4 atom stereocenters. The fraction of sp³-hybridized carbons (Fsp3) is 0.448. The number of nitrogens with zero attached hydrogens (tertiary/aromatic N) is 1. The molecule has 5 rings (SSSR count). The van der Waals surface area contributed by atoms with Gasteiger partial charge >= 0.3 is 6.36 Å². The number of likely N-dealkylation sites (tertiary alicyclic amines) is 1. The molecule has 43 heavy (non-hydrogen) atoms. The van der Waals surface area contributed by atoms with E-state index in [1.54, 1.807) is 18.2 Å². The number of carbonyl (C=O) groups is 3. The van der Waals surface area contributed by atoms with Crippen LogP contribution in [-0.4, -0.2) is 72.5 Å². The van der Waals surface area contributed by atoms with Crippen molar-refractivity contribution in [1.29, 1.82) is 5.41 Å². The van der Waals surface area contributed by atoms with Crippen molar-refractivity contribution in [3.8, 4) is 11.5 Å². The summed E-state index contributed by atoms with van der Waals surface area (Å²) >= 11 is 0. The molecule has 10 nitrogen and oxygen atoms in total. The third-order valence-electron chi connectivity index (χ3n) is 7.64. The third-order valence-corrected chi connectivity index (χ3v) is 7.64. The monoisotopic (exact) mass is 606 g/mol. The lowest BCUT2D eigenvalue weighted by Gasteiger charge is -2.27. The number of hydrogen-bond donors (Lipinski definition) is 3. The Morgan fingerprint density at radius 3 is 2.63 bits per heavy atom. The Balaban J connectivity index is 1.25. The van der Waals surface area contributed by atoms with Crippen LogP contribution in [0.25, 0.3) is 0 Å². The van der Waals surface area contributed by atoms with Crippen LogP contribution in [-0.2, 0) is 19.1 Å². The van der Waals surface area contributed by atoms with Crippen LogP contribution < -0.4 is 20.1 Å². The van der Waals surface area contributed by atoms with E-state index in [4.69, 9.17) is 14.9 Å². The van der Waals surface area contributed by atoms with Gasteiger partial charge in [0.25, 0.3) is 0 Å². The summed E-state index contributed by atoms with van der Waals surface area (Å²) in [6, 6.07) is 6.61. The second-order valence-electron chi connectivity index (χ2n) is 10.7. The number of anilines is 2. The van der Waals surface area contributed by atoms with E-state index < -0.39 is 47.3 Å². The van der Waals surface area contributed by atoms with E-state index in [9.17, 15) is 31.9 Å². The predicted octanol–water partition coefficient (Wildman–Crippen LogP) is 4.28. The third kappa shape index (κ3) is 7.07. The molecule has 3 N–H and O–H groups in total. The lowest BCUT2D eigenvalue weighted by atomic mass is 10.0. The fourth-order valence-corrected chi connectivity index (χ4v) is 5.47. The van der Waals surface area contributed by atoms with Gasteiger partial charge in [-0.1, -0.05) is 6.07 Å². The number of piperidine rings is 1. The number of ether oxygens (including phenoxy) is 3. The maximum Gasteiger partial charge on any atom is 0.573 e. The van der Waals surface area contributed by atoms with Crippen molar-refractivity contribution in [2.75, 3.05) is 30.4 Å². The molecule has 3 fully saturated rings. The quantitative estimate of drug-likeness (QED) is 0.257. The van der Waals surface area contributed by atoms with Crippen molar-refractivity contribution in [1.82, 2.24) is 4.90 Å². The molecule has 2 heterocycles. The van der Waals surface area contributed by atoms with Crippen LogP contribution in [0.5, 0.6) is 11.5 Å². The van der Waals surface area contributed by atoms with E-state index >= 15 is 0 Å². The minimum absolute atomic E-state index is 0.0309. The molecule has 3 aliphatic rings. The summed E-state index contributed by atoms with van der Waals surface area (Å²) in [5.41, 5.74) is -0.209.